The van der Waals surface area contributed by atoms with Gasteiger partial charge in [0.25, 0.3) is 10.7 Å². The highest BCUT2D eigenvalue weighted by molar-refractivity contribution is 8.07. The highest BCUT2D eigenvalue weighted by Gasteiger charge is 2.62. The van der Waals surface area contributed by atoms with Crippen LogP contribution in [0.4, 0.5) is 4.39 Å². The molecule has 0 amide bonds. The Balaban J connectivity index is 1.94. The third kappa shape index (κ3) is 3.49. The molecule has 25 heavy (non-hydrogen) atoms. The Bertz CT molecular complexity index is 843. The minimum atomic E-state index is -3.18. The van der Waals surface area contributed by atoms with Crippen molar-refractivity contribution in [2.24, 2.45) is 0 Å². The summed E-state index contributed by atoms with van der Waals surface area (Å²) in [6.45, 7) is 1.69. The van der Waals surface area contributed by atoms with Crippen LogP contribution in [0.3, 0.4) is 0 Å². The number of ether oxygens (including phenoxy) is 1. The zero-order chi connectivity index (χ0) is 18.6. The molecule has 2 aliphatic heterocycles. The molecule has 140 valence electrons. The van der Waals surface area contributed by atoms with Crippen molar-refractivity contribution in [1.29, 1.82) is 0 Å². The molecule has 0 saturated carbocycles. The Labute approximate surface area is 152 Å². The Kier molecular flexibility index (Phi) is 5.00. The van der Waals surface area contributed by atoms with E-state index in [0.29, 0.717) is 0 Å². The fourth-order valence-electron chi connectivity index (χ4n) is 2.64. The summed E-state index contributed by atoms with van der Waals surface area (Å²) < 4.78 is 38.2. The van der Waals surface area contributed by atoms with E-state index in [2.05, 4.69) is 4.98 Å². The third-order valence-corrected chi connectivity index (χ3v) is 6.59. The SMILES string of the molecule is Cc1cn([C@@H]2O[C@@H]3COP(=S)(OC(C)C)O[C@H]3[C@@]2(F)Cl)c(=O)[nH]c1=O. The first-order valence-corrected chi connectivity index (χ1v) is 10.4. The Morgan fingerprint density at radius 3 is 2.88 bits per heavy atom. The van der Waals surface area contributed by atoms with Crippen LogP contribution < -0.4 is 11.2 Å². The second-order valence-corrected chi connectivity index (χ2v) is 9.60. The van der Waals surface area contributed by atoms with Crippen LogP contribution in [-0.4, -0.2) is 39.6 Å². The standard InChI is InChI=1S/C13H17ClFN2O6PS/c1-6(2)22-24(25)20-5-8-9(23-24)13(14,15)11(21-8)17-4-7(3)10(18)16-12(17)19/h4,6,8-9,11H,5H2,1-3H3,(H,16,18,19)/t8-,9-,11-,13+,24?/m1/s1. The molecule has 0 aliphatic carbocycles. The van der Waals surface area contributed by atoms with Gasteiger partial charge in [0.15, 0.2) is 6.23 Å². The summed E-state index contributed by atoms with van der Waals surface area (Å²) in [6.07, 6.45) is -2.78. The van der Waals surface area contributed by atoms with Crippen molar-refractivity contribution >= 4 is 30.1 Å². The highest BCUT2D eigenvalue weighted by Crippen LogP contribution is 2.61. The summed E-state index contributed by atoms with van der Waals surface area (Å²) >= 11 is 11.3. The van der Waals surface area contributed by atoms with Gasteiger partial charge in [0.05, 0.1) is 12.7 Å². The van der Waals surface area contributed by atoms with Gasteiger partial charge >= 0.3 is 12.4 Å². The van der Waals surface area contributed by atoms with Crippen LogP contribution in [0.1, 0.15) is 25.6 Å². The zero-order valence-corrected chi connectivity index (χ0v) is 16.1. The quantitative estimate of drug-likeness (QED) is 0.594. The maximum absolute atomic E-state index is 15.3. The second kappa shape index (κ2) is 6.53. The molecule has 0 spiro atoms. The molecule has 0 aromatic carbocycles. The van der Waals surface area contributed by atoms with Crippen molar-refractivity contribution in [1.82, 2.24) is 9.55 Å². The molecule has 3 heterocycles. The van der Waals surface area contributed by atoms with Crippen LogP contribution in [0, 0.1) is 6.92 Å². The molecule has 2 saturated heterocycles. The minimum Gasteiger partial charge on any atom is -0.344 e. The number of aryl methyl sites for hydroxylation is 1. The summed E-state index contributed by atoms with van der Waals surface area (Å²) in [7, 11) is 0. The maximum atomic E-state index is 15.3. The first-order valence-electron chi connectivity index (χ1n) is 7.50. The minimum absolute atomic E-state index is 0.0827. The van der Waals surface area contributed by atoms with Gasteiger partial charge in [-0.2, -0.15) is 0 Å². The lowest BCUT2D eigenvalue weighted by Gasteiger charge is -2.35. The number of hydrogen-bond acceptors (Lipinski definition) is 7. The first kappa shape index (κ1) is 19.2. The largest absolute Gasteiger partial charge is 0.344 e. The van der Waals surface area contributed by atoms with Crippen LogP contribution in [0.15, 0.2) is 15.8 Å². The lowest BCUT2D eigenvalue weighted by Crippen LogP contribution is -2.45. The molecule has 12 heteroatoms. The number of nitrogens with one attached hydrogen (secondary N) is 1. The van der Waals surface area contributed by atoms with E-state index in [9.17, 15) is 9.59 Å². The molecule has 1 aromatic rings. The highest BCUT2D eigenvalue weighted by atomic mass is 35.5. The molecule has 1 N–H and O–H groups in total. The molecule has 8 nitrogen and oxygen atoms in total. The van der Waals surface area contributed by atoms with E-state index >= 15 is 4.39 Å². The second-order valence-electron chi connectivity index (χ2n) is 6.10. The van der Waals surface area contributed by atoms with Crippen molar-refractivity contribution in [3.05, 3.63) is 32.6 Å². The average molecular weight is 415 g/mol. The Hall–Kier alpha value is -0.610. The normalized spacial score (nSPS) is 38.1. The van der Waals surface area contributed by atoms with Gasteiger partial charge in [-0.15, -0.1) is 0 Å². The van der Waals surface area contributed by atoms with Gasteiger partial charge < -0.3 is 13.8 Å². The summed E-state index contributed by atoms with van der Waals surface area (Å²) in [5.74, 6) is 0. The number of H-pyrrole nitrogens is 1. The monoisotopic (exact) mass is 414 g/mol. The van der Waals surface area contributed by atoms with Gasteiger partial charge in [0, 0.05) is 11.8 Å². The summed E-state index contributed by atoms with van der Waals surface area (Å²) in [6, 6.07) is 0. The predicted octanol–water partition coefficient (Wildman–Crippen LogP) is 1.71. The number of halogens is 2. The fraction of sp³-hybridized carbons (Fsp3) is 0.692. The molecule has 0 bridgehead atoms. The zero-order valence-electron chi connectivity index (χ0n) is 13.6. The molecule has 5 atom stereocenters. The van der Waals surface area contributed by atoms with Crippen molar-refractivity contribution < 1.29 is 22.7 Å². The number of aromatic amines is 1. The van der Waals surface area contributed by atoms with Crippen LogP contribution in [-0.2, 0) is 30.1 Å². The Morgan fingerprint density at radius 2 is 2.24 bits per heavy atom. The number of nitrogens with zero attached hydrogens (tertiary/aromatic N) is 1. The molecule has 2 aliphatic rings. The van der Waals surface area contributed by atoms with Gasteiger partial charge in [-0.1, -0.05) is 11.6 Å². The van der Waals surface area contributed by atoms with Crippen molar-refractivity contribution in [2.75, 3.05) is 6.61 Å². The van der Waals surface area contributed by atoms with Gasteiger partial charge in [-0.25, -0.2) is 9.18 Å². The van der Waals surface area contributed by atoms with Crippen molar-refractivity contribution in [3.63, 3.8) is 0 Å². The van der Waals surface area contributed by atoms with Gasteiger partial charge in [-0.05, 0) is 32.6 Å². The average Bonchev–Trinajstić information content (AvgIpc) is 2.73. The number of fused-ring (bicyclic) bond motifs is 1. The number of aromatic nitrogens is 2. The van der Waals surface area contributed by atoms with E-state index in [1.807, 2.05) is 0 Å². The van der Waals surface area contributed by atoms with Crippen LogP contribution >= 0.6 is 18.3 Å². The molecular weight excluding hydrogens is 398 g/mol. The number of rotatable bonds is 3. The summed E-state index contributed by atoms with van der Waals surface area (Å²) in [4.78, 5) is 25.6. The topological polar surface area (TPSA) is 91.8 Å². The maximum Gasteiger partial charge on any atom is 0.330 e. The van der Waals surface area contributed by atoms with Gasteiger partial charge in [0.2, 0.25) is 0 Å². The molecule has 0 radical (unpaired) electrons. The third-order valence-electron chi connectivity index (χ3n) is 3.73. The van der Waals surface area contributed by atoms with E-state index in [-0.39, 0.29) is 18.3 Å². The smallest absolute Gasteiger partial charge is 0.330 e. The van der Waals surface area contributed by atoms with Crippen LogP contribution in [0.25, 0.3) is 0 Å². The van der Waals surface area contributed by atoms with Crippen LogP contribution in [0.2, 0.25) is 0 Å². The molecule has 1 unspecified atom stereocenters. The lowest BCUT2D eigenvalue weighted by molar-refractivity contribution is -0.0657. The van der Waals surface area contributed by atoms with E-state index in [4.69, 9.17) is 41.7 Å². The molecular formula is C13H17ClFN2O6PS. The van der Waals surface area contributed by atoms with Crippen molar-refractivity contribution in [2.45, 2.75) is 50.4 Å². The Morgan fingerprint density at radius 1 is 1.56 bits per heavy atom. The molecule has 2 fully saturated rings. The van der Waals surface area contributed by atoms with Gasteiger partial charge in [0.1, 0.15) is 12.2 Å². The number of alkyl halides is 2. The van der Waals surface area contributed by atoms with E-state index in [0.717, 1.165) is 4.57 Å². The number of hydrogen-bond donors (Lipinski definition) is 1. The first-order chi connectivity index (χ1) is 11.5. The summed E-state index contributed by atoms with van der Waals surface area (Å²) in [5.41, 5.74) is -1.22. The summed E-state index contributed by atoms with van der Waals surface area (Å²) in [5, 5.41) is -2.60. The predicted molar refractivity (Wildman–Crippen MR) is 91.0 cm³/mol. The molecule has 3 rings (SSSR count). The molecule has 1 aromatic heterocycles. The van der Waals surface area contributed by atoms with Crippen molar-refractivity contribution in [3.8, 4) is 0 Å². The van der Waals surface area contributed by atoms with E-state index in [1.54, 1.807) is 13.8 Å². The fourth-order valence-corrected chi connectivity index (χ4v) is 5.61. The van der Waals surface area contributed by atoms with E-state index in [1.165, 1.54) is 13.1 Å². The van der Waals surface area contributed by atoms with Gasteiger partial charge in [-0.3, -0.25) is 18.9 Å². The lowest BCUT2D eigenvalue weighted by atomic mass is 10.1. The van der Waals surface area contributed by atoms with Crippen LogP contribution in [0.5, 0.6) is 0 Å². The van der Waals surface area contributed by atoms with E-state index < -0.39 is 41.5 Å².